The van der Waals surface area contributed by atoms with E-state index in [1.807, 2.05) is 31.2 Å². The largest absolute Gasteiger partial charge is 0.492 e. The molecule has 2 rings (SSSR count). The van der Waals surface area contributed by atoms with Crippen LogP contribution in [-0.2, 0) is 0 Å². The van der Waals surface area contributed by atoms with E-state index in [1.165, 1.54) is 5.56 Å². The molecule has 1 aliphatic rings. The third kappa shape index (κ3) is 2.66. The summed E-state index contributed by atoms with van der Waals surface area (Å²) >= 11 is 0. The molecule has 4 nitrogen and oxygen atoms in total. The van der Waals surface area contributed by atoms with E-state index in [2.05, 4.69) is 5.32 Å². The van der Waals surface area contributed by atoms with Crippen LogP contribution in [0.25, 0.3) is 0 Å². The number of nitrogens with one attached hydrogen (secondary N) is 1. The molecule has 0 unspecified atom stereocenters. The summed E-state index contributed by atoms with van der Waals surface area (Å²) in [4.78, 5) is 13.0. The standard InChI is InChI=1S/C12H16N2O2/c1-10-3-2-4-11(9-10)16-8-7-14-6-5-13-12(14)15/h2-4,9H,5-8H2,1H3,(H,13,15). The van der Waals surface area contributed by atoms with E-state index >= 15 is 0 Å². The number of carbonyl (C=O) groups excluding carboxylic acids is 1. The molecule has 1 aromatic carbocycles. The van der Waals surface area contributed by atoms with E-state index in [0.29, 0.717) is 13.2 Å². The van der Waals surface area contributed by atoms with Crippen molar-refractivity contribution in [2.45, 2.75) is 6.92 Å². The third-order valence-corrected chi connectivity index (χ3v) is 2.56. The third-order valence-electron chi connectivity index (χ3n) is 2.56. The normalized spacial score (nSPS) is 15.1. The van der Waals surface area contributed by atoms with Crippen LogP contribution in [0.2, 0.25) is 0 Å². The summed E-state index contributed by atoms with van der Waals surface area (Å²) in [6.07, 6.45) is 0. The zero-order valence-corrected chi connectivity index (χ0v) is 9.40. The first kappa shape index (κ1) is 10.8. The zero-order chi connectivity index (χ0) is 11.4. The Balaban J connectivity index is 1.77. The summed E-state index contributed by atoms with van der Waals surface area (Å²) in [5.41, 5.74) is 1.18. The molecule has 0 aromatic heterocycles. The van der Waals surface area contributed by atoms with Crippen molar-refractivity contribution in [3.05, 3.63) is 29.8 Å². The Morgan fingerprint density at radius 1 is 1.50 bits per heavy atom. The minimum Gasteiger partial charge on any atom is -0.492 e. The molecule has 2 amide bonds. The van der Waals surface area contributed by atoms with E-state index in [-0.39, 0.29) is 6.03 Å². The molecule has 1 N–H and O–H groups in total. The molecule has 4 heteroatoms. The van der Waals surface area contributed by atoms with Gasteiger partial charge in [-0.05, 0) is 24.6 Å². The fraction of sp³-hybridized carbons (Fsp3) is 0.417. The highest BCUT2D eigenvalue weighted by Gasteiger charge is 2.18. The van der Waals surface area contributed by atoms with Crippen LogP contribution in [0.4, 0.5) is 4.79 Å². The first-order valence-corrected chi connectivity index (χ1v) is 5.48. The second kappa shape index (κ2) is 4.88. The van der Waals surface area contributed by atoms with E-state index in [9.17, 15) is 4.79 Å². The van der Waals surface area contributed by atoms with Gasteiger partial charge in [0.15, 0.2) is 0 Å². The number of hydrogen-bond acceptors (Lipinski definition) is 2. The number of nitrogens with zero attached hydrogens (tertiary/aromatic N) is 1. The number of rotatable bonds is 4. The van der Waals surface area contributed by atoms with Gasteiger partial charge in [-0.15, -0.1) is 0 Å². The fourth-order valence-corrected chi connectivity index (χ4v) is 1.70. The Kier molecular flexibility index (Phi) is 3.29. The average molecular weight is 220 g/mol. The molecule has 1 aromatic rings. The maximum atomic E-state index is 11.2. The van der Waals surface area contributed by atoms with Crippen molar-refractivity contribution in [2.75, 3.05) is 26.2 Å². The molecule has 0 bridgehead atoms. The quantitative estimate of drug-likeness (QED) is 0.833. The van der Waals surface area contributed by atoms with Crippen molar-refractivity contribution >= 4 is 6.03 Å². The van der Waals surface area contributed by atoms with Crippen LogP contribution in [0.1, 0.15) is 5.56 Å². The number of ether oxygens (including phenoxy) is 1. The molecule has 0 radical (unpaired) electrons. The first-order chi connectivity index (χ1) is 7.75. The highest BCUT2D eigenvalue weighted by atomic mass is 16.5. The number of aryl methyl sites for hydroxylation is 1. The van der Waals surface area contributed by atoms with Crippen LogP contribution in [-0.4, -0.2) is 37.2 Å². The van der Waals surface area contributed by atoms with Crippen LogP contribution in [0.3, 0.4) is 0 Å². The van der Waals surface area contributed by atoms with Crippen molar-refractivity contribution in [3.63, 3.8) is 0 Å². The van der Waals surface area contributed by atoms with Crippen LogP contribution in [0, 0.1) is 6.92 Å². The number of benzene rings is 1. The molecule has 16 heavy (non-hydrogen) atoms. The van der Waals surface area contributed by atoms with Crippen molar-refractivity contribution in [3.8, 4) is 5.75 Å². The van der Waals surface area contributed by atoms with Gasteiger partial charge in [-0.2, -0.15) is 0 Å². The molecule has 1 heterocycles. The van der Waals surface area contributed by atoms with Gasteiger partial charge in [0.25, 0.3) is 0 Å². The molecule has 0 atom stereocenters. The second-order valence-electron chi connectivity index (χ2n) is 3.88. The van der Waals surface area contributed by atoms with E-state index in [1.54, 1.807) is 4.90 Å². The monoisotopic (exact) mass is 220 g/mol. The molecule has 0 aliphatic carbocycles. The summed E-state index contributed by atoms with van der Waals surface area (Å²) in [6, 6.07) is 7.92. The van der Waals surface area contributed by atoms with Crippen LogP contribution < -0.4 is 10.1 Å². The Hall–Kier alpha value is -1.71. The molecular formula is C12H16N2O2. The fourth-order valence-electron chi connectivity index (χ4n) is 1.70. The second-order valence-corrected chi connectivity index (χ2v) is 3.88. The van der Waals surface area contributed by atoms with Gasteiger partial charge >= 0.3 is 6.03 Å². The number of amides is 2. The predicted molar refractivity (Wildman–Crippen MR) is 61.6 cm³/mol. The Bertz CT molecular complexity index is 379. The molecule has 0 spiro atoms. The first-order valence-electron chi connectivity index (χ1n) is 5.48. The number of hydrogen-bond donors (Lipinski definition) is 1. The maximum Gasteiger partial charge on any atom is 0.317 e. The maximum absolute atomic E-state index is 11.2. The molecule has 1 saturated heterocycles. The molecule has 0 saturated carbocycles. The van der Waals surface area contributed by atoms with Gasteiger partial charge in [-0.25, -0.2) is 4.79 Å². The molecular weight excluding hydrogens is 204 g/mol. The lowest BCUT2D eigenvalue weighted by molar-refractivity contribution is 0.202. The Labute approximate surface area is 95.2 Å². The zero-order valence-electron chi connectivity index (χ0n) is 9.40. The summed E-state index contributed by atoms with van der Waals surface area (Å²) in [5, 5.41) is 2.76. The van der Waals surface area contributed by atoms with Crippen LogP contribution >= 0.6 is 0 Å². The average Bonchev–Trinajstić information content (AvgIpc) is 2.65. The van der Waals surface area contributed by atoms with Crippen molar-refractivity contribution < 1.29 is 9.53 Å². The predicted octanol–water partition coefficient (Wildman–Crippen LogP) is 1.40. The highest BCUT2D eigenvalue weighted by molar-refractivity contribution is 5.76. The lowest BCUT2D eigenvalue weighted by Crippen LogP contribution is -2.31. The van der Waals surface area contributed by atoms with Gasteiger partial charge in [-0.3, -0.25) is 0 Å². The topological polar surface area (TPSA) is 41.6 Å². The van der Waals surface area contributed by atoms with Gasteiger partial charge in [0.1, 0.15) is 12.4 Å². The van der Waals surface area contributed by atoms with Crippen molar-refractivity contribution in [2.24, 2.45) is 0 Å². The summed E-state index contributed by atoms with van der Waals surface area (Å²) in [7, 11) is 0. The van der Waals surface area contributed by atoms with Gasteiger partial charge in [0.2, 0.25) is 0 Å². The van der Waals surface area contributed by atoms with Crippen LogP contribution in [0.15, 0.2) is 24.3 Å². The van der Waals surface area contributed by atoms with Gasteiger partial charge in [0, 0.05) is 13.1 Å². The molecule has 86 valence electrons. The highest BCUT2D eigenvalue weighted by Crippen LogP contribution is 2.12. The van der Waals surface area contributed by atoms with Gasteiger partial charge < -0.3 is 15.0 Å². The SMILES string of the molecule is Cc1cccc(OCCN2CCNC2=O)c1. The number of carbonyl (C=O) groups is 1. The van der Waals surface area contributed by atoms with E-state index < -0.39 is 0 Å². The summed E-state index contributed by atoms with van der Waals surface area (Å²) in [5.74, 6) is 0.861. The number of urea groups is 1. The van der Waals surface area contributed by atoms with E-state index in [0.717, 1.165) is 18.8 Å². The Morgan fingerprint density at radius 3 is 3.06 bits per heavy atom. The lowest BCUT2D eigenvalue weighted by Gasteiger charge is -2.14. The molecule has 1 fully saturated rings. The summed E-state index contributed by atoms with van der Waals surface area (Å²) < 4.78 is 5.58. The van der Waals surface area contributed by atoms with Gasteiger partial charge in [0.05, 0.1) is 6.54 Å². The van der Waals surface area contributed by atoms with Crippen LogP contribution in [0.5, 0.6) is 5.75 Å². The van der Waals surface area contributed by atoms with Crippen molar-refractivity contribution in [1.82, 2.24) is 10.2 Å². The minimum absolute atomic E-state index is 0.00726. The smallest absolute Gasteiger partial charge is 0.317 e. The van der Waals surface area contributed by atoms with Gasteiger partial charge in [-0.1, -0.05) is 12.1 Å². The minimum atomic E-state index is 0.00726. The summed E-state index contributed by atoms with van der Waals surface area (Å²) in [6.45, 7) is 4.72. The molecule has 1 aliphatic heterocycles. The van der Waals surface area contributed by atoms with Crippen molar-refractivity contribution in [1.29, 1.82) is 0 Å². The Morgan fingerprint density at radius 2 is 2.38 bits per heavy atom. The van der Waals surface area contributed by atoms with E-state index in [4.69, 9.17) is 4.74 Å². The lowest BCUT2D eigenvalue weighted by atomic mass is 10.2.